The predicted octanol–water partition coefficient (Wildman–Crippen LogP) is 5.40. The minimum atomic E-state index is -0.224. The summed E-state index contributed by atoms with van der Waals surface area (Å²) in [5, 5.41) is 5.75. The van der Waals surface area contributed by atoms with Gasteiger partial charge in [0.05, 0.1) is 11.7 Å². The van der Waals surface area contributed by atoms with Crippen molar-refractivity contribution in [1.82, 2.24) is 15.3 Å². The zero-order chi connectivity index (χ0) is 23.3. The number of nitrogens with one attached hydrogen (secondary N) is 2. The zero-order valence-corrected chi connectivity index (χ0v) is 19.4. The highest BCUT2D eigenvalue weighted by atomic mass is 16.1. The first-order valence-electron chi connectivity index (χ1n) is 12.3. The molecule has 5 rings (SSSR count). The molecule has 5 nitrogen and oxygen atoms in total. The molecule has 1 heterocycles. The molecule has 1 aliphatic carbocycles. The standard InChI is InChI=1S/C29H32N4O/c30-18-20-10-14-24(15-11-20)29(34)33-26(17-21-12-13-22-6-4-5-9-25(22)16-21)28-31-19-27(32-28)23-7-2-1-3-8-23/h1-9,12-13,16,19-20,24,26H,10-11,14-15,17-18,30H2,(H,31,32)(H,33,34)/t20-,24-,26?. The van der Waals surface area contributed by atoms with Crippen LogP contribution in [0.4, 0.5) is 0 Å². The van der Waals surface area contributed by atoms with E-state index in [0.717, 1.165) is 42.8 Å². The zero-order valence-electron chi connectivity index (χ0n) is 19.4. The average Bonchev–Trinajstić information content (AvgIpc) is 3.39. The maximum atomic E-state index is 13.3. The number of hydrogen-bond acceptors (Lipinski definition) is 3. The molecule has 34 heavy (non-hydrogen) atoms. The highest BCUT2D eigenvalue weighted by Crippen LogP contribution is 2.30. The van der Waals surface area contributed by atoms with Crippen LogP contribution in [0.5, 0.6) is 0 Å². The van der Waals surface area contributed by atoms with Crippen LogP contribution in [0.1, 0.15) is 43.1 Å². The van der Waals surface area contributed by atoms with E-state index in [9.17, 15) is 4.79 Å². The number of benzene rings is 3. The van der Waals surface area contributed by atoms with Crippen molar-refractivity contribution in [3.05, 3.63) is 90.4 Å². The molecule has 0 aliphatic heterocycles. The van der Waals surface area contributed by atoms with Crippen molar-refractivity contribution >= 4 is 16.7 Å². The first kappa shape index (κ1) is 22.4. The summed E-state index contributed by atoms with van der Waals surface area (Å²) in [6.45, 7) is 0.716. The summed E-state index contributed by atoms with van der Waals surface area (Å²) in [7, 11) is 0. The Balaban J connectivity index is 1.39. The van der Waals surface area contributed by atoms with Gasteiger partial charge >= 0.3 is 0 Å². The lowest BCUT2D eigenvalue weighted by Gasteiger charge is -2.28. The molecule has 0 saturated heterocycles. The number of nitrogens with two attached hydrogens (primary N) is 1. The van der Waals surface area contributed by atoms with Crippen molar-refractivity contribution in [3.8, 4) is 11.3 Å². The Kier molecular flexibility index (Phi) is 6.72. The van der Waals surface area contributed by atoms with Gasteiger partial charge in [-0.25, -0.2) is 4.98 Å². The van der Waals surface area contributed by atoms with Crippen LogP contribution in [-0.4, -0.2) is 22.4 Å². The normalized spacial score (nSPS) is 19.1. The van der Waals surface area contributed by atoms with E-state index in [1.807, 2.05) is 36.5 Å². The second-order valence-corrected chi connectivity index (χ2v) is 9.44. The molecule has 4 N–H and O–H groups in total. The number of nitrogens with zero attached hydrogens (tertiary/aromatic N) is 1. The molecule has 0 bridgehead atoms. The summed E-state index contributed by atoms with van der Waals surface area (Å²) in [6.07, 6.45) is 6.48. The first-order chi connectivity index (χ1) is 16.7. The maximum Gasteiger partial charge on any atom is 0.223 e. The van der Waals surface area contributed by atoms with Crippen molar-refractivity contribution in [3.63, 3.8) is 0 Å². The van der Waals surface area contributed by atoms with Crippen molar-refractivity contribution in [2.24, 2.45) is 17.6 Å². The van der Waals surface area contributed by atoms with Gasteiger partial charge in [0.25, 0.3) is 0 Å². The number of H-pyrrole nitrogens is 1. The molecule has 3 aromatic carbocycles. The first-order valence-corrected chi connectivity index (χ1v) is 12.3. The monoisotopic (exact) mass is 452 g/mol. The molecular weight excluding hydrogens is 420 g/mol. The quantitative estimate of drug-likeness (QED) is 0.351. The number of carbonyl (C=O) groups excluding carboxylic acids is 1. The Hall–Kier alpha value is -3.44. The lowest BCUT2D eigenvalue weighted by atomic mass is 9.81. The molecule has 1 unspecified atom stereocenters. The van der Waals surface area contributed by atoms with E-state index in [0.29, 0.717) is 18.9 Å². The topological polar surface area (TPSA) is 83.8 Å². The van der Waals surface area contributed by atoms with Gasteiger partial charge in [-0.05, 0) is 60.9 Å². The molecule has 174 valence electrons. The SMILES string of the molecule is NC[C@H]1CC[C@H](C(=O)NC(Cc2ccc3ccccc3c2)c2nc(-c3ccccc3)c[nH]2)CC1. The Morgan fingerprint density at radius 1 is 0.971 bits per heavy atom. The number of aromatic nitrogens is 2. The largest absolute Gasteiger partial charge is 0.346 e. The summed E-state index contributed by atoms with van der Waals surface area (Å²) in [5.74, 6) is 1.51. The van der Waals surface area contributed by atoms with Gasteiger partial charge in [0.1, 0.15) is 5.82 Å². The van der Waals surface area contributed by atoms with Crippen LogP contribution < -0.4 is 11.1 Å². The number of carbonyl (C=O) groups is 1. The van der Waals surface area contributed by atoms with Crippen LogP contribution in [0.3, 0.4) is 0 Å². The molecular formula is C29H32N4O. The molecule has 1 aliphatic rings. The lowest BCUT2D eigenvalue weighted by molar-refractivity contribution is -0.127. The third-order valence-electron chi connectivity index (χ3n) is 7.12. The highest BCUT2D eigenvalue weighted by Gasteiger charge is 2.28. The fourth-order valence-electron chi connectivity index (χ4n) is 5.04. The van der Waals surface area contributed by atoms with Crippen molar-refractivity contribution in [2.75, 3.05) is 6.54 Å². The molecule has 4 aromatic rings. The fraction of sp³-hybridized carbons (Fsp3) is 0.310. The number of amides is 1. The van der Waals surface area contributed by atoms with Crippen molar-refractivity contribution in [2.45, 2.75) is 38.1 Å². The van der Waals surface area contributed by atoms with Gasteiger partial charge in [-0.3, -0.25) is 4.79 Å². The second-order valence-electron chi connectivity index (χ2n) is 9.44. The maximum absolute atomic E-state index is 13.3. The van der Waals surface area contributed by atoms with Crippen LogP contribution >= 0.6 is 0 Å². The smallest absolute Gasteiger partial charge is 0.223 e. The summed E-state index contributed by atoms with van der Waals surface area (Å²) in [6, 6.07) is 24.8. The number of hydrogen-bond donors (Lipinski definition) is 3. The predicted molar refractivity (Wildman–Crippen MR) is 137 cm³/mol. The van der Waals surface area contributed by atoms with Gasteiger partial charge in [-0.15, -0.1) is 0 Å². The van der Waals surface area contributed by atoms with Gasteiger partial charge < -0.3 is 16.0 Å². The van der Waals surface area contributed by atoms with Gasteiger partial charge in [-0.2, -0.15) is 0 Å². The summed E-state index contributed by atoms with van der Waals surface area (Å²) < 4.78 is 0. The van der Waals surface area contributed by atoms with Gasteiger partial charge in [-0.1, -0.05) is 72.8 Å². The minimum absolute atomic E-state index is 0.0467. The Morgan fingerprint density at radius 3 is 2.47 bits per heavy atom. The van der Waals surface area contributed by atoms with E-state index in [4.69, 9.17) is 10.7 Å². The van der Waals surface area contributed by atoms with Crippen molar-refractivity contribution in [1.29, 1.82) is 0 Å². The van der Waals surface area contributed by atoms with E-state index >= 15 is 0 Å². The molecule has 5 heteroatoms. The van der Waals surface area contributed by atoms with Crippen LogP contribution in [0, 0.1) is 11.8 Å². The van der Waals surface area contributed by atoms with E-state index in [1.54, 1.807) is 0 Å². The summed E-state index contributed by atoms with van der Waals surface area (Å²) >= 11 is 0. The fourth-order valence-corrected chi connectivity index (χ4v) is 5.04. The van der Waals surface area contributed by atoms with E-state index < -0.39 is 0 Å². The summed E-state index contributed by atoms with van der Waals surface area (Å²) in [4.78, 5) is 21.5. The number of aromatic amines is 1. The lowest BCUT2D eigenvalue weighted by Crippen LogP contribution is -2.37. The number of rotatable bonds is 7. The average molecular weight is 453 g/mol. The van der Waals surface area contributed by atoms with E-state index in [1.165, 1.54) is 16.3 Å². The van der Waals surface area contributed by atoms with Crippen LogP contribution in [-0.2, 0) is 11.2 Å². The molecule has 0 spiro atoms. The Morgan fingerprint density at radius 2 is 1.71 bits per heavy atom. The third-order valence-corrected chi connectivity index (χ3v) is 7.12. The third kappa shape index (κ3) is 5.05. The van der Waals surface area contributed by atoms with E-state index in [2.05, 4.69) is 52.8 Å². The van der Waals surface area contributed by atoms with Crippen LogP contribution in [0.25, 0.3) is 22.0 Å². The van der Waals surface area contributed by atoms with Crippen LogP contribution in [0.2, 0.25) is 0 Å². The molecule has 1 amide bonds. The Labute approximate surface area is 200 Å². The van der Waals surface area contributed by atoms with Gasteiger partial charge in [0.15, 0.2) is 0 Å². The molecule has 1 saturated carbocycles. The van der Waals surface area contributed by atoms with Gasteiger partial charge in [0, 0.05) is 17.7 Å². The number of fused-ring (bicyclic) bond motifs is 1. The highest BCUT2D eigenvalue weighted by molar-refractivity contribution is 5.83. The van der Waals surface area contributed by atoms with E-state index in [-0.39, 0.29) is 17.9 Å². The Bertz CT molecular complexity index is 1240. The van der Waals surface area contributed by atoms with Crippen molar-refractivity contribution < 1.29 is 4.79 Å². The molecule has 0 radical (unpaired) electrons. The minimum Gasteiger partial charge on any atom is -0.346 e. The number of imidazole rings is 1. The summed E-state index contributed by atoms with van der Waals surface area (Å²) in [5.41, 5.74) is 8.96. The molecule has 1 fully saturated rings. The van der Waals surface area contributed by atoms with Gasteiger partial charge in [0.2, 0.25) is 5.91 Å². The van der Waals surface area contributed by atoms with Crippen LogP contribution in [0.15, 0.2) is 79.0 Å². The molecule has 1 aromatic heterocycles. The molecule has 1 atom stereocenters. The second kappa shape index (κ2) is 10.2.